The van der Waals surface area contributed by atoms with Crippen LogP contribution in [0.3, 0.4) is 0 Å². The van der Waals surface area contributed by atoms with Crippen molar-refractivity contribution in [1.82, 2.24) is 4.90 Å². The first-order valence-corrected chi connectivity index (χ1v) is 6.87. The number of hydrogen-bond acceptors (Lipinski definition) is 5. The van der Waals surface area contributed by atoms with Crippen molar-refractivity contribution in [3.05, 3.63) is 33.9 Å². The van der Waals surface area contributed by atoms with Gasteiger partial charge in [0.2, 0.25) is 0 Å². The summed E-state index contributed by atoms with van der Waals surface area (Å²) < 4.78 is 5.13. The van der Waals surface area contributed by atoms with Gasteiger partial charge in [-0.05, 0) is 50.0 Å². The number of methoxy groups -OCH3 is 1. The van der Waals surface area contributed by atoms with E-state index < -0.39 is 0 Å². The maximum Gasteiger partial charge on any atom is 0.273 e. The van der Waals surface area contributed by atoms with Crippen LogP contribution in [0.5, 0.6) is 5.75 Å². The van der Waals surface area contributed by atoms with E-state index in [4.69, 9.17) is 10.5 Å². The monoisotopic (exact) mass is 279 g/mol. The molecule has 1 aromatic rings. The van der Waals surface area contributed by atoms with Crippen molar-refractivity contribution < 1.29 is 9.66 Å². The van der Waals surface area contributed by atoms with Crippen LogP contribution in [0.25, 0.3) is 0 Å². The molecule has 20 heavy (non-hydrogen) atoms. The summed E-state index contributed by atoms with van der Waals surface area (Å²) in [6.07, 6.45) is 2.20. The smallest absolute Gasteiger partial charge is 0.273 e. The Labute approximate surface area is 118 Å². The molecule has 0 bridgehead atoms. The van der Waals surface area contributed by atoms with E-state index in [1.54, 1.807) is 6.07 Å². The molecule has 0 aromatic heterocycles. The Bertz CT molecular complexity index is 471. The molecule has 1 saturated heterocycles. The number of piperidine rings is 1. The molecule has 1 aromatic carbocycles. The number of likely N-dealkylation sites (tertiary alicyclic amines) is 1. The summed E-state index contributed by atoms with van der Waals surface area (Å²) in [6, 6.07) is 4.93. The van der Waals surface area contributed by atoms with Crippen LogP contribution < -0.4 is 10.5 Å². The lowest BCUT2D eigenvalue weighted by atomic mass is 9.97. The Morgan fingerprint density at radius 2 is 2.10 bits per heavy atom. The quantitative estimate of drug-likeness (QED) is 0.656. The van der Waals surface area contributed by atoms with Crippen molar-refractivity contribution in [3.8, 4) is 5.75 Å². The van der Waals surface area contributed by atoms with E-state index in [1.807, 2.05) is 6.07 Å². The first kappa shape index (κ1) is 14.7. The number of ether oxygens (including phenoxy) is 1. The zero-order chi connectivity index (χ0) is 14.5. The number of nitrogens with two attached hydrogens (primary N) is 1. The normalized spacial score (nSPS) is 17.1. The van der Waals surface area contributed by atoms with Crippen molar-refractivity contribution in [1.29, 1.82) is 0 Å². The molecule has 1 fully saturated rings. The average molecular weight is 279 g/mol. The molecule has 0 spiro atoms. The molecule has 2 N–H and O–H groups in total. The molecule has 110 valence electrons. The van der Waals surface area contributed by atoms with Crippen LogP contribution in [0.2, 0.25) is 0 Å². The molecular weight excluding hydrogens is 258 g/mol. The molecule has 1 aliphatic rings. The second-order valence-electron chi connectivity index (χ2n) is 5.25. The lowest BCUT2D eigenvalue weighted by Gasteiger charge is -2.31. The van der Waals surface area contributed by atoms with E-state index >= 15 is 0 Å². The summed E-state index contributed by atoms with van der Waals surface area (Å²) in [4.78, 5) is 12.8. The number of rotatable bonds is 5. The third kappa shape index (κ3) is 3.68. The van der Waals surface area contributed by atoms with Gasteiger partial charge in [0.05, 0.1) is 18.1 Å². The Kier molecular flexibility index (Phi) is 4.92. The Balaban J connectivity index is 2.05. The van der Waals surface area contributed by atoms with Gasteiger partial charge in [0, 0.05) is 12.6 Å². The van der Waals surface area contributed by atoms with Crippen molar-refractivity contribution >= 4 is 5.69 Å². The highest BCUT2D eigenvalue weighted by Crippen LogP contribution is 2.25. The SMILES string of the molecule is COc1cc(CN2CCC(CN)CC2)cc([N+](=O)[O-])c1. The number of nitrogens with zero attached hydrogens (tertiary/aromatic N) is 2. The van der Waals surface area contributed by atoms with Crippen LogP contribution in [-0.4, -0.2) is 36.6 Å². The van der Waals surface area contributed by atoms with Crippen molar-refractivity contribution in [2.75, 3.05) is 26.7 Å². The van der Waals surface area contributed by atoms with E-state index in [0.717, 1.165) is 44.6 Å². The molecule has 1 aliphatic heterocycles. The fraction of sp³-hybridized carbons (Fsp3) is 0.571. The third-order valence-corrected chi connectivity index (χ3v) is 3.84. The van der Waals surface area contributed by atoms with E-state index in [9.17, 15) is 10.1 Å². The van der Waals surface area contributed by atoms with Gasteiger partial charge in [0.1, 0.15) is 5.75 Å². The van der Waals surface area contributed by atoms with Gasteiger partial charge >= 0.3 is 0 Å². The largest absolute Gasteiger partial charge is 0.496 e. The van der Waals surface area contributed by atoms with Crippen molar-refractivity contribution in [2.45, 2.75) is 19.4 Å². The summed E-state index contributed by atoms with van der Waals surface area (Å²) in [5, 5.41) is 10.9. The van der Waals surface area contributed by atoms with E-state index in [2.05, 4.69) is 4.90 Å². The summed E-state index contributed by atoms with van der Waals surface area (Å²) in [7, 11) is 1.52. The molecule has 1 heterocycles. The molecule has 6 heteroatoms. The summed E-state index contributed by atoms with van der Waals surface area (Å²) in [5.74, 6) is 1.15. The van der Waals surface area contributed by atoms with Gasteiger partial charge in [0.25, 0.3) is 5.69 Å². The van der Waals surface area contributed by atoms with Crippen LogP contribution in [0.4, 0.5) is 5.69 Å². The molecule has 0 aliphatic carbocycles. The molecular formula is C14H21N3O3. The predicted octanol–water partition coefficient (Wildman–Crippen LogP) is 1.77. The van der Waals surface area contributed by atoms with Gasteiger partial charge in [-0.25, -0.2) is 0 Å². The number of nitro groups is 1. The minimum absolute atomic E-state index is 0.0798. The summed E-state index contributed by atoms with van der Waals surface area (Å²) in [5.41, 5.74) is 6.68. The Hall–Kier alpha value is -1.66. The topological polar surface area (TPSA) is 81.6 Å². The highest BCUT2D eigenvalue weighted by molar-refractivity contribution is 5.42. The van der Waals surface area contributed by atoms with Gasteiger partial charge in [-0.3, -0.25) is 15.0 Å². The molecule has 0 atom stereocenters. The molecule has 0 saturated carbocycles. The van der Waals surface area contributed by atoms with Crippen LogP contribution >= 0.6 is 0 Å². The second kappa shape index (κ2) is 6.67. The molecule has 0 unspecified atom stereocenters. The summed E-state index contributed by atoms with van der Waals surface area (Å²) in [6.45, 7) is 3.45. The highest BCUT2D eigenvalue weighted by atomic mass is 16.6. The van der Waals surface area contributed by atoms with E-state index in [-0.39, 0.29) is 10.6 Å². The molecule has 0 amide bonds. The number of hydrogen-bond donors (Lipinski definition) is 1. The number of benzene rings is 1. The van der Waals surface area contributed by atoms with Crippen LogP contribution in [0.15, 0.2) is 18.2 Å². The van der Waals surface area contributed by atoms with Crippen molar-refractivity contribution in [2.24, 2.45) is 11.7 Å². The van der Waals surface area contributed by atoms with Gasteiger partial charge < -0.3 is 10.5 Å². The third-order valence-electron chi connectivity index (χ3n) is 3.84. The molecule has 0 radical (unpaired) electrons. The summed E-state index contributed by atoms with van der Waals surface area (Å²) >= 11 is 0. The maximum absolute atomic E-state index is 10.9. The minimum atomic E-state index is -0.382. The first-order valence-electron chi connectivity index (χ1n) is 6.87. The Morgan fingerprint density at radius 3 is 2.65 bits per heavy atom. The lowest BCUT2D eigenvalue weighted by molar-refractivity contribution is -0.385. The standard InChI is InChI=1S/C14H21N3O3/c1-20-14-7-12(6-13(8-14)17(18)19)10-16-4-2-11(9-15)3-5-16/h6-8,11H,2-5,9-10,15H2,1H3. The fourth-order valence-corrected chi connectivity index (χ4v) is 2.60. The van der Waals surface area contributed by atoms with Gasteiger partial charge in [-0.1, -0.05) is 0 Å². The fourth-order valence-electron chi connectivity index (χ4n) is 2.60. The van der Waals surface area contributed by atoms with Crippen molar-refractivity contribution in [3.63, 3.8) is 0 Å². The van der Waals surface area contributed by atoms with Gasteiger partial charge in [-0.15, -0.1) is 0 Å². The second-order valence-corrected chi connectivity index (χ2v) is 5.25. The van der Waals surface area contributed by atoms with E-state index in [1.165, 1.54) is 13.2 Å². The lowest BCUT2D eigenvalue weighted by Crippen LogP contribution is -2.35. The highest BCUT2D eigenvalue weighted by Gasteiger charge is 2.19. The zero-order valence-electron chi connectivity index (χ0n) is 11.7. The predicted molar refractivity (Wildman–Crippen MR) is 76.7 cm³/mol. The van der Waals surface area contributed by atoms with Crippen LogP contribution in [-0.2, 0) is 6.54 Å². The molecule has 6 nitrogen and oxygen atoms in total. The zero-order valence-corrected chi connectivity index (χ0v) is 11.7. The maximum atomic E-state index is 10.9. The van der Waals surface area contributed by atoms with Gasteiger partial charge in [0.15, 0.2) is 0 Å². The number of nitro benzene ring substituents is 1. The number of non-ortho nitro benzene ring substituents is 1. The average Bonchev–Trinajstić information content (AvgIpc) is 2.47. The minimum Gasteiger partial charge on any atom is -0.496 e. The van der Waals surface area contributed by atoms with Crippen LogP contribution in [0, 0.1) is 16.0 Å². The first-order chi connectivity index (χ1) is 9.62. The Morgan fingerprint density at radius 1 is 1.40 bits per heavy atom. The van der Waals surface area contributed by atoms with E-state index in [0.29, 0.717) is 11.7 Å². The van der Waals surface area contributed by atoms with Crippen LogP contribution in [0.1, 0.15) is 18.4 Å². The molecule has 2 rings (SSSR count). The van der Waals surface area contributed by atoms with Gasteiger partial charge in [-0.2, -0.15) is 0 Å².